The summed E-state index contributed by atoms with van der Waals surface area (Å²) in [5.74, 6) is -2.42. The van der Waals surface area contributed by atoms with Gasteiger partial charge in [-0.3, -0.25) is 9.47 Å². The van der Waals surface area contributed by atoms with Crippen molar-refractivity contribution < 1.29 is 32.6 Å². The van der Waals surface area contributed by atoms with Crippen molar-refractivity contribution >= 4 is 28.7 Å². The minimum atomic E-state index is -2.67. The van der Waals surface area contributed by atoms with Crippen molar-refractivity contribution in [2.45, 2.75) is 90.0 Å². The van der Waals surface area contributed by atoms with E-state index in [9.17, 15) is 18.4 Å². The van der Waals surface area contributed by atoms with E-state index in [0.29, 0.717) is 17.8 Å². The molecule has 1 aliphatic heterocycles. The van der Waals surface area contributed by atoms with E-state index < -0.39 is 23.6 Å². The number of hydrogen-bond acceptors (Lipinski definition) is 7. The van der Waals surface area contributed by atoms with Crippen molar-refractivity contribution in [2.75, 3.05) is 26.1 Å². The zero-order valence-corrected chi connectivity index (χ0v) is 25.8. The molecule has 1 atom stereocenters. The van der Waals surface area contributed by atoms with E-state index in [1.165, 1.54) is 7.11 Å². The Labute approximate surface area is 251 Å². The zero-order valence-electron chi connectivity index (χ0n) is 25.8. The summed E-state index contributed by atoms with van der Waals surface area (Å²) in [7, 11) is 2.97. The summed E-state index contributed by atoms with van der Waals surface area (Å²) < 4.78 is 45.4. The van der Waals surface area contributed by atoms with E-state index in [1.807, 2.05) is 45.9 Å². The summed E-state index contributed by atoms with van der Waals surface area (Å²) in [6.45, 7) is 8.82. The highest BCUT2D eigenvalue weighted by Crippen LogP contribution is 2.43. The van der Waals surface area contributed by atoms with Crippen LogP contribution in [0.4, 0.5) is 19.3 Å². The second-order valence-corrected chi connectivity index (χ2v) is 12.7. The van der Waals surface area contributed by atoms with Crippen LogP contribution in [0.15, 0.2) is 36.5 Å². The lowest BCUT2D eigenvalue weighted by Gasteiger charge is -2.40. The van der Waals surface area contributed by atoms with Gasteiger partial charge in [-0.1, -0.05) is 12.5 Å². The van der Waals surface area contributed by atoms with Gasteiger partial charge in [0.25, 0.3) is 5.92 Å². The number of nitrogens with zero attached hydrogens (tertiary/aromatic N) is 2. The molecular formula is C33H41F2N3O5. The van der Waals surface area contributed by atoms with Gasteiger partial charge in [-0.2, -0.15) is 0 Å². The van der Waals surface area contributed by atoms with E-state index in [2.05, 4.69) is 10.2 Å². The number of alkyl halides is 2. The number of benzene rings is 2. The lowest BCUT2D eigenvalue weighted by atomic mass is 9.86. The quantitative estimate of drug-likeness (QED) is 0.283. The Balaban J connectivity index is 1.52. The molecule has 1 saturated carbocycles. The Bertz CT molecular complexity index is 1520. The molecule has 1 saturated heterocycles. The number of carbonyl (C=O) groups is 2. The van der Waals surface area contributed by atoms with Crippen molar-refractivity contribution in [3.8, 4) is 5.75 Å². The minimum absolute atomic E-state index is 0.0301. The highest BCUT2D eigenvalue weighted by molar-refractivity contribution is 5.95. The molecule has 1 N–H and O–H groups in total. The highest BCUT2D eigenvalue weighted by atomic mass is 19.3. The molecule has 1 aromatic heterocycles. The number of rotatable bonds is 7. The number of nitrogens with one attached hydrogen (secondary N) is 1. The van der Waals surface area contributed by atoms with Gasteiger partial charge in [0.05, 0.1) is 25.3 Å². The molecular weight excluding hydrogens is 556 g/mol. The molecule has 2 heterocycles. The third-order valence-electron chi connectivity index (χ3n) is 8.30. The fourth-order valence-electron chi connectivity index (χ4n) is 6.31. The Morgan fingerprint density at radius 3 is 2.49 bits per heavy atom. The topological polar surface area (TPSA) is 82.0 Å². The highest BCUT2D eigenvalue weighted by Gasteiger charge is 2.45. The Kier molecular flexibility index (Phi) is 8.44. The average Bonchev–Trinajstić information content (AvgIpc) is 3.39. The predicted molar refractivity (Wildman–Crippen MR) is 161 cm³/mol. The summed E-state index contributed by atoms with van der Waals surface area (Å²) in [6, 6.07) is 8.84. The van der Waals surface area contributed by atoms with Crippen molar-refractivity contribution in [3.05, 3.63) is 58.8 Å². The second kappa shape index (κ2) is 11.8. The summed E-state index contributed by atoms with van der Waals surface area (Å²) in [5.41, 5.74) is 3.98. The maximum absolute atomic E-state index is 13.7. The van der Waals surface area contributed by atoms with Gasteiger partial charge in [0.2, 0.25) is 0 Å². The van der Waals surface area contributed by atoms with Crippen LogP contribution in [0, 0.1) is 6.92 Å². The van der Waals surface area contributed by atoms with Gasteiger partial charge in [0.15, 0.2) is 0 Å². The molecule has 232 valence electrons. The van der Waals surface area contributed by atoms with E-state index in [0.717, 1.165) is 59.2 Å². The fourth-order valence-corrected chi connectivity index (χ4v) is 6.31. The van der Waals surface area contributed by atoms with Gasteiger partial charge in [-0.15, -0.1) is 0 Å². The number of methoxy groups -OCH3 is 2. The third kappa shape index (κ3) is 6.49. The van der Waals surface area contributed by atoms with E-state index >= 15 is 0 Å². The van der Waals surface area contributed by atoms with Gasteiger partial charge < -0.3 is 19.5 Å². The van der Waals surface area contributed by atoms with Gasteiger partial charge in [0, 0.05) is 54.3 Å². The summed E-state index contributed by atoms with van der Waals surface area (Å²) in [5, 5.41) is 4.21. The summed E-state index contributed by atoms with van der Waals surface area (Å²) in [6.07, 6.45) is 3.70. The number of hydrogen-bond donors (Lipinski definition) is 1. The Morgan fingerprint density at radius 2 is 1.84 bits per heavy atom. The number of fused-ring (bicyclic) bond motifs is 1. The van der Waals surface area contributed by atoms with Crippen LogP contribution in [0.5, 0.6) is 5.75 Å². The molecule has 43 heavy (non-hydrogen) atoms. The maximum atomic E-state index is 13.7. The number of carbonyl (C=O) groups excluding carboxylic acids is 2. The van der Waals surface area contributed by atoms with Gasteiger partial charge in [-0.05, 0) is 82.5 Å². The Hall–Kier alpha value is -3.66. The third-order valence-corrected chi connectivity index (χ3v) is 8.30. The first-order chi connectivity index (χ1) is 20.3. The van der Waals surface area contributed by atoms with Crippen LogP contribution in [0.2, 0.25) is 0 Å². The fraction of sp³-hybridized carbons (Fsp3) is 0.515. The van der Waals surface area contributed by atoms with Crippen LogP contribution >= 0.6 is 0 Å². The molecule has 3 aromatic rings. The first-order valence-corrected chi connectivity index (χ1v) is 14.8. The Morgan fingerprint density at radius 1 is 1.09 bits per heavy atom. The molecule has 8 nitrogen and oxygen atoms in total. The zero-order chi connectivity index (χ0) is 31.1. The monoisotopic (exact) mass is 597 g/mol. The second-order valence-electron chi connectivity index (χ2n) is 12.7. The number of aromatic nitrogens is 1. The standard InChI is InChI=1S/C33H41F2N3O5/c1-20-15-28(41-5)25(23-12-14-38(29(20)23)31(40)43-32(2,3)4)19-37-13-8-7-9-27(37)24-11-10-21(30(39)42-6)16-26(24)36-22-17-33(34,35)18-22/h10-12,14-16,22,27,36H,7-9,13,17-19H2,1-6H3/t27-/m0/s1. The maximum Gasteiger partial charge on any atom is 0.419 e. The first kappa shape index (κ1) is 30.8. The van der Waals surface area contributed by atoms with Crippen LogP contribution in [0.3, 0.4) is 0 Å². The minimum Gasteiger partial charge on any atom is -0.496 e. The largest absolute Gasteiger partial charge is 0.496 e. The summed E-state index contributed by atoms with van der Waals surface area (Å²) in [4.78, 5) is 27.8. The van der Waals surface area contributed by atoms with Crippen molar-refractivity contribution in [1.82, 2.24) is 9.47 Å². The van der Waals surface area contributed by atoms with Crippen molar-refractivity contribution in [2.24, 2.45) is 0 Å². The molecule has 1 aliphatic carbocycles. The van der Waals surface area contributed by atoms with E-state index in [-0.39, 0.29) is 24.9 Å². The lowest BCUT2D eigenvalue weighted by Crippen LogP contribution is -2.44. The molecule has 0 radical (unpaired) electrons. The van der Waals surface area contributed by atoms with Crippen molar-refractivity contribution in [1.29, 1.82) is 0 Å². The summed E-state index contributed by atoms with van der Waals surface area (Å²) >= 11 is 0. The number of ether oxygens (including phenoxy) is 3. The number of esters is 1. The van der Waals surface area contributed by atoms with Gasteiger partial charge in [-0.25, -0.2) is 18.4 Å². The lowest BCUT2D eigenvalue weighted by molar-refractivity contribution is -0.0793. The van der Waals surface area contributed by atoms with Crippen molar-refractivity contribution in [3.63, 3.8) is 0 Å². The molecule has 0 amide bonds. The van der Waals surface area contributed by atoms with Crippen LogP contribution in [0.1, 0.15) is 86.0 Å². The molecule has 5 rings (SSSR count). The number of anilines is 1. The number of likely N-dealkylation sites (tertiary alicyclic amines) is 1. The average molecular weight is 598 g/mol. The molecule has 2 fully saturated rings. The first-order valence-electron chi connectivity index (χ1n) is 14.8. The molecule has 2 aliphatic rings. The number of halogens is 2. The van der Waals surface area contributed by atoms with E-state index in [4.69, 9.17) is 14.2 Å². The van der Waals surface area contributed by atoms with Crippen LogP contribution in [-0.4, -0.2) is 59.9 Å². The molecule has 2 aromatic carbocycles. The smallest absolute Gasteiger partial charge is 0.419 e. The van der Waals surface area contributed by atoms with Gasteiger partial charge in [0.1, 0.15) is 11.4 Å². The number of piperidine rings is 1. The van der Waals surface area contributed by atoms with Crippen LogP contribution < -0.4 is 10.1 Å². The van der Waals surface area contributed by atoms with Crippen LogP contribution in [0.25, 0.3) is 10.9 Å². The van der Waals surface area contributed by atoms with Crippen LogP contribution in [-0.2, 0) is 16.0 Å². The SMILES string of the molecule is COC(=O)c1ccc([C@@H]2CCCCN2Cc2c(OC)cc(C)c3c2ccn3C(=O)OC(C)(C)C)c(NC2CC(F)(F)C2)c1. The van der Waals surface area contributed by atoms with Gasteiger partial charge >= 0.3 is 12.1 Å². The van der Waals surface area contributed by atoms with E-state index in [1.54, 1.807) is 30.0 Å². The molecule has 10 heteroatoms. The molecule has 0 bridgehead atoms. The molecule has 0 spiro atoms. The molecule has 0 unspecified atom stereocenters. The number of aryl methyl sites for hydroxylation is 1. The normalized spacial score (nSPS) is 19.1. The predicted octanol–water partition coefficient (Wildman–Crippen LogP) is 7.46.